The zero-order valence-corrected chi connectivity index (χ0v) is 10.5. The third-order valence-electron chi connectivity index (χ3n) is 2.47. The number of benzene rings is 1. The molecular weight excluding hydrogens is 218 g/mol. The molecule has 2 N–H and O–H groups in total. The van der Waals surface area contributed by atoms with Gasteiger partial charge < -0.3 is 15.2 Å². The Labute approximate surface area is 102 Å². The summed E-state index contributed by atoms with van der Waals surface area (Å²) in [6.07, 6.45) is 0.424. The third kappa shape index (κ3) is 4.44. The summed E-state index contributed by atoms with van der Waals surface area (Å²) in [7, 11) is 1.62. The number of rotatable bonds is 5. The first-order valence-corrected chi connectivity index (χ1v) is 5.61. The average molecular weight is 237 g/mol. The van der Waals surface area contributed by atoms with Gasteiger partial charge in [-0.1, -0.05) is 6.92 Å². The maximum Gasteiger partial charge on any atom is 0.224 e. The van der Waals surface area contributed by atoms with Crippen molar-refractivity contribution >= 4 is 11.6 Å². The van der Waals surface area contributed by atoms with Crippen molar-refractivity contribution in [3.8, 4) is 5.75 Å². The largest absolute Gasteiger partial charge is 0.508 e. The van der Waals surface area contributed by atoms with Crippen molar-refractivity contribution in [1.82, 2.24) is 0 Å². The molecule has 17 heavy (non-hydrogen) atoms. The summed E-state index contributed by atoms with van der Waals surface area (Å²) in [6, 6.07) is 5.00. The number of carbonyl (C=O) groups is 1. The summed E-state index contributed by atoms with van der Waals surface area (Å²) in [5.74, 6) is 0.383. The molecule has 1 aromatic rings. The molecule has 0 aromatic heterocycles. The van der Waals surface area contributed by atoms with Gasteiger partial charge in [-0.3, -0.25) is 4.79 Å². The fourth-order valence-electron chi connectivity index (χ4n) is 1.61. The lowest BCUT2D eigenvalue weighted by Crippen LogP contribution is -2.17. The zero-order chi connectivity index (χ0) is 12.8. The van der Waals surface area contributed by atoms with E-state index >= 15 is 0 Å². The van der Waals surface area contributed by atoms with Crippen LogP contribution in [0, 0.1) is 12.8 Å². The second-order valence-corrected chi connectivity index (χ2v) is 4.31. The molecule has 0 spiro atoms. The highest BCUT2D eigenvalue weighted by Gasteiger charge is 2.09. The van der Waals surface area contributed by atoms with Crippen LogP contribution in [0.2, 0.25) is 0 Å². The van der Waals surface area contributed by atoms with E-state index in [0.717, 1.165) is 5.56 Å². The summed E-state index contributed by atoms with van der Waals surface area (Å²) >= 11 is 0. The molecule has 1 unspecified atom stereocenters. The molecule has 0 aliphatic heterocycles. The maximum atomic E-state index is 11.7. The second kappa shape index (κ2) is 6.25. The van der Waals surface area contributed by atoms with E-state index < -0.39 is 0 Å². The van der Waals surface area contributed by atoms with Crippen LogP contribution in [0.3, 0.4) is 0 Å². The van der Waals surface area contributed by atoms with Gasteiger partial charge in [-0.2, -0.15) is 0 Å². The topological polar surface area (TPSA) is 58.6 Å². The molecule has 4 heteroatoms. The number of carbonyl (C=O) groups excluding carboxylic acids is 1. The Kier molecular flexibility index (Phi) is 4.97. The van der Waals surface area contributed by atoms with Crippen molar-refractivity contribution < 1.29 is 14.6 Å². The van der Waals surface area contributed by atoms with Crippen molar-refractivity contribution in [3.05, 3.63) is 23.8 Å². The molecule has 0 heterocycles. The van der Waals surface area contributed by atoms with Crippen LogP contribution in [0.5, 0.6) is 5.75 Å². The first-order chi connectivity index (χ1) is 8.02. The maximum absolute atomic E-state index is 11.7. The van der Waals surface area contributed by atoms with E-state index in [1.54, 1.807) is 32.2 Å². The van der Waals surface area contributed by atoms with Gasteiger partial charge in [-0.15, -0.1) is 0 Å². The fraction of sp³-hybridized carbons (Fsp3) is 0.462. The number of methoxy groups -OCH3 is 1. The number of aryl methyl sites for hydroxylation is 1. The Morgan fingerprint density at radius 3 is 2.82 bits per heavy atom. The monoisotopic (exact) mass is 237 g/mol. The normalized spacial score (nSPS) is 12.2. The predicted octanol–water partition coefficient (Wildman–Crippen LogP) is 2.31. The molecule has 1 rings (SSSR count). The Balaban J connectivity index is 2.53. The average Bonchev–Trinajstić information content (AvgIpc) is 2.23. The van der Waals surface area contributed by atoms with Crippen molar-refractivity contribution in [1.29, 1.82) is 0 Å². The molecule has 0 bridgehead atoms. The Bertz CT molecular complexity index is 390. The highest BCUT2D eigenvalue weighted by Crippen LogP contribution is 2.20. The van der Waals surface area contributed by atoms with Crippen LogP contribution >= 0.6 is 0 Å². The van der Waals surface area contributed by atoms with Gasteiger partial charge in [0.15, 0.2) is 0 Å². The molecule has 1 atom stereocenters. The van der Waals surface area contributed by atoms with E-state index in [9.17, 15) is 9.90 Å². The molecule has 1 amide bonds. The van der Waals surface area contributed by atoms with Gasteiger partial charge in [0.05, 0.1) is 0 Å². The molecule has 0 radical (unpaired) electrons. The molecular formula is C13H19NO3. The van der Waals surface area contributed by atoms with Crippen molar-refractivity contribution in [2.75, 3.05) is 19.0 Å². The summed E-state index contributed by atoms with van der Waals surface area (Å²) in [5, 5.41) is 12.2. The van der Waals surface area contributed by atoms with Crippen molar-refractivity contribution in [2.45, 2.75) is 20.3 Å². The molecule has 0 saturated carbocycles. The van der Waals surface area contributed by atoms with E-state index in [1.807, 2.05) is 6.92 Å². The number of nitrogens with one attached hydrogen (secondary N) is 1. The van der Waals surface area contributed by atoms with Crippen LogP contribution in [0.1, 0.15) is 18.9 Å². The SMILES string of the molecule is COCC(C)CC(=O)Nc1ccc(O)c(C)c1. The smallest absolute Gasteiger partial charge is 0.224 e. The summed E-state index contributed by atoms with van der Waals surface area (Å²) in [6.45, 7) is 4.33. The van der Waals surface area contributed by atoms with E-state index in [2.05, 4.69) is 5.32 Å². The highest BCUT2D eigenvalue weighted by molar-refractivity contribution is 5.91. The minimum atomic E-state index is -0.0420. The number of aromatic hydroxyl groups is 1. The predicted molar refractivity (Wildman–Crippen MR) is 67.1 cm³/mol. The van der Waals surface area contributed by atoms with Gasteiger partial charge in [0, 0.05) is 25.8 Å². The number of phenols is 1. The van der Waals surface area contributed by atoms with Gasteiger partial charge in [0.25, 0.3) is 0 Å². The molecule has 94 valence electrons. The zero-order valence-electron chi connectivity index (χ0n) is 10.5. The Morgan fingerprint density at radius 2 is 2.24 bits per heavy atom. The molecule has 0 fully saturated rings. The van der Waals surface area contributed by atoms with Crippen LogP contribution in [-0.4, -0.2) is 24.7 Å². The number of phenolic OH excluding ortho intramolecular Hbond substituents is 1. The Hall–Kier alpha value is -1.55. The van der Waals surface area contributed by atoms with E-state index in [4.69, 9.17) is 4.74 Å². The molecule has 0 saturated heterocycles. The van der Waals surface area contributed by atoms with E-state index in [0.29, 0.717) is 18.7 Å². The third-order valence-corrected chi connectivity index (χ3v) is 2.47. The second-order valence-electron chi connectivity index (χ2n) is 4.31. The Morgan fingerprint density at radius 1 is 1.53 bits per heavy atom. The molecule has 4 nitrogen and oxygen atoms in total. The molecule has 0 aliphatic rings. The summed E-state index contributed by atoms with van der Waals surface area (Å²) in [4.78, 5) is 11.7. The van der Waals surface area contributed by atoms with E-state index in [1.165, 1.54) is 0 Å². The molecule has 1 aromatic carbocycles. The lowest BCUT2D eigenvalue weighted by Gasteiger charge is -2.11. The quantitative estimate of drug-likeness (QED) is 0.773. The van der Waals surface area contributed by atoms with Crippen LogP contribution in [0.4, 0.5) is 5.69 Å². The molecule has 0 aliphatic carbocycles. The lowest BCUT2D eigenvalue weighted by molar-refractivity contribution is -0.117. The minimum absolute atomic E-state index is 0.0420. The van der Waals surface area contributed by atoms with Gasteiger partial charge in [0.2, 0.25) is 5.91 Å². The van der Waals surface area contributed by atoms with Crippen LogP contribution in [0.15, 0.2) is 18.2 Å². The van der Waals surface area contributed by atoms with Crippen molar-refractivity contribution in [2.24, 2.45) is 5.92 Å². The summed E-state index contributed by atoms with van der Waals surface area (Å²) in [5.41, 5.74) is 1.45. The van der Waals surface area contributed by atoms with Crippen molar-refractivity contribution in [3.63, 3.8) is 0 Å². The number of ether oxygens (including phenoxy) is 1. The highest BCUT2D eigenvalue weighted by atomic mass is 16.5. The van der Waals surface area contributed by atoms with Gasteiger partial charge in [-0.05, 0) is 36.6 Å². The number of hydrogen-bond acceptors (Lipinski definition) is 3. The first kappa shape index (κ1) is 13.5. The first-order valence-electron chi connectivity index (χ1n) is 5.61. The minimum Gasteiger partial charge on any atom is -0.508 e. The summed E-state index contributed by atoms with van der Waals surface area (Å²) < 4.78 is 4.98. The van der Waals surface area contributed by atoms with Crippen LogP contribution in [-0.2, 0) is 9.53 Å². The standard InChI is InChI=1S/C13H19NO3/c1-9(8-17-3)6-13(16)14-11-4-5-12(15)10(2)7-11/h4-5,7,9,15H,6,8H2,1-3H3,(H,14,16). The van der Waals surface area contributed by atoms with Gasteiger partial charge in [-0.25, -0.2) is 0 Å². The van der Waals surface area contributed by atoms with Gasteiger partial charge in [0.1, 0.15) is 5.75 Å². The van der Waals surface area contributed by atoms with Gasteiger partial charge >= 0.3 is 0 Å². The fourth-order valence-corrected chi connectivity index (χ4v) is 1.61. The number of anilines is 1. The number of amides is 1. The number of hydrogen-bond donors (Lipinski definition) is 2. The van der Waals surface area contributed by atoms with Crippen LogP contribution in [0.25, 0.3) is 0 Å². The lowest BCUT2D eigenvalue weighted by atomic mass is 10.1. The van der Waals surface area contributed by atoms with Crippen LogP contribution < -0.4 is 5.32 Å². The van der Waals surface area contributed by atoms with E-state index in [-0.39, 0.29) is 17.6 Å².